The predicted molar refractivity (Wildman–Crippen MR) is 51.4 cm³/mol. The number of benzene rings is 1. The number of anilines is 2. The Bertz CT molecular complexity index is 265. The number of aliphatic hydroxyl groups is 1. The van der Waals surface area contributed by atoms with Crippen LogP contribution in [0.25, 0.3) is 0 Å². The number of halogens is 1. The maximum atomic E-state index is 8.55. The Hall–Kier alpha value is -0.930. The van der Waals surface area contributed by atoms with Gasteiger partial charge < -0.3 is 16.2 Å². The van der Waals surface area contributed by atoms with E-state index < -0.39 is 0 Å². The van der Waals surface area contributed by atoms with Crippen molar-refractivity contribution in [3.8, 4) is 0 Å². The lowest BCUT2D eigenvalue weighted by Crippen LogP contribution is -2.06. The number of hydrogen-bond acceptors (Lipinski definition) is 3. The van der Waals surface area contributed by atoms with Gasteiger partial charge in [0.1, 0.15) is 0 Å². The number of nitrogen functional groups attached to an aromatic ring is 1. The minimum absolute atomic E-state index is 0.0745. The Balaban J connectivity index is 2.78. The van der Waals surface area contributed by atoms with Crippen molar-refractivity contribution in [2.24, 2.45) is 0 Å². The van der Waals surface area contributed by atoms with E-state index in [1.807, 2.05) is 6.07 Å². The fourth-order valence-electron chi connectivity index (χ4n) is 0.877. The van der Waals surface area contributed by atoms with E-state index in [1.165, 1.54) is 0 Å². The lowest BCUT2D eigenvalue weighted by molar-refractivity contribution is 0.311. The molecule has 0 aliphatic heterocycles. The highest BCUT2D eigenvalue weighted by atomic mass is 35.5. The molecule has 0 radical (unpaired) electrons. The Morgan fingerprint density at radius 1 is 1.50 bits per heavy atom. The van der Waals surface area contributed by atoms with Gasteiger partial charge in [-0.15, -0.1) is 0 Å². The largest absolute Gasteiger partial charge is 0.397 e. The number of hydrogen-bond donors (Lipinski definition) is 3. The normalized spacial score (nSPS) is 9.83. The molecular weight excluding hydrogens is 176 g/mol. The van der Waals surface area contributed by atoms with Gasteiger partial charge >= 0.3 is 0 Å². The van der Waals surface area contributed by atoms with E-state index in [9.17, 15) is 0 Å². The van der Waals surface area contributed by atoms with Gasteiger partial charge in [0.2, 0.25) is 0 Å². The summed E-state index contributed by atoms with van der Waals surface area (Å²) in [7, 11) is 0. The van der Waals surface area contributed by atoms with Gasteiger partial charge in [-0.3, -0.25) is 0 Å². The van der Waals surface area contributed by atoms with Gasteiger partial charge in [-0.05, 0) is 12.1 Å². The van der Waals surface area contributed by atoms with Gasteiger partial charge in [0.15, 0.2) is 0 Å². The molecule has 0 unspecified atom stereocenters. The van der Waals surface area contributed by atoms with Crippen molar-refractivity contribution in [2.75, 3.05) is 24.2 Å². The van der Waals surface area contributed by atoms with Crippen LogP contribution < -0.4 is 11.1 Å². The molecule has 3 nitrogen and oxygen atoms in total. The summed E-state index contributed by atoms with van der Waals surface area (Å²) < 4.78 is 0. The SMILES string of the molecule is Nc1cccc(NCCO)c1Cl. The third-order valence-corrected chi connectivity index (χ3v) is 1.88. The molecule has 0 aliphatic carbocycles. The first kappa shape index (κ1) is 9.16. The molecule has 0 saturated carbocycles. The third-order valence-electron chi connectivity index (χ3n) is 1.46. The van der Waals surface area contributed by atoms with E-state index in [0.717, 1.165) is 5.69 Å². The maximum absolute atomic E-state index is 8.55. The minimum atomic E-state index is 0.0745. The molecule has 0 heterocycles. The van der Waals surface area contributed by atoms with E-state index in [2.05, 4.69) is 5.32 Å². The van der Waals surface area contributed by atoms with Crippen LogP contribution in [-0.2, 0) is 0 Å². The zero-order chi connectivity index (χ0) is 8.97. The van der Waals surface area contributed by atoms with E-state index in [-0.39, 0.29) is 6.61 Å². The monoisotopic (exact) mass is 186 g/mol. The molecule has 0 fully saturated rings. The van der Waals surface area contributed by atoms with E-state index in [4.69, 9.17) is 22.4 Å². The van der Waals surface area contributed by atoms with Crippen LogP contribution in [0.5, 0.6) is 0 Å². The van der Waals surface area contributed by atoms with Crippen molar-refractivity contribution in [2.45, 2.75) is 0 Å². The lowest BCUT2D eigenvalue weighted by Gasteiger charge is -2.07. The van der Waals surface area contributed by atoms with Crippen molar-refractivity contribution < 1.29 is 5.11 Å². The first-order valence-electron chi connectivity index (χ1n) is 3.64. The van der Waals surface area contributed by atoms with Crippen molar-refractivity contribution in [3.63, 3.8) is 0 Å². The molecule has 0 spiro atoms. The summed E-state index contributed by atoms with van der Waals surface area (Å²) in [5, 5.41) is 12.0. The zero-order valence-corrected chi connectivity index (χ0v) is 7.30. The fraction of sp³-hybridized carbons (Fsp3) is 0.250. The summed E-state index contributed by atoms with van der Waals surface area (Å²) in [6.07, 6.45) is 0. The van der Waals surface area contributed by atoms with Gasteiger partial charge in [0.05, 0.1) is 23.0 Å². The van der Waals surface area contributed by atoms with Gasteiger partial charge in [0, 0.05) is 6.54 Å². The smallest absolute Gasteiger partial charge is 0.0866 e. The maximum Gasteiger partial charge on any atom is 0.0866 e. The summed E-state index contributed by atoms with van der Waals surface area (Å²) in [5.74, 6) is 0. The van der Waals surface area contributed by atoms with Crippen LogP contribution in [0.1, 0.15) is 0 Å². The van der Waals surface area contributed by atoms with Gasteiger partial charge in [-0.1, -0.05) is 17.7 Å². The zero-order valence-electron chi connectivity index (χ0n) is 6.55. The Morgan fingerprint density at radius 3 is 2.92 bits per heavy atom. The average Bonchev–Trinajstić information content (AvgIpc) is 2.08. The van der Waals surface area contributed by atoms with Crippen molar-refractivity contribution in [3.05, 3.63) is 23.2 Å². The number of aliphatic hydroxyl groups excluding tert-OH is 1. The van der Waals surface area contributed by atoms with Crippen molar-refractivity contribution >= 4 is 23.0 Å². The summed E-state index contributed by atoms with van der Waals surface area (Å²) in [6.45, 7) is 0.550. The Labute approximate surface area is 76.1 Å². The molecule has 1 rings (SSSR count). The molecule has 0 saturated heterocycles. The summed E-state index contributed by atoms with van der Waals surface area (Å²) in [5.41, 5.74) is 6.85. The van der Waals surface area contributed by atoms with E-state index in [0.29, 0.717) is 17.3 Å². The van der Waals surface area contributed by atoms with Gasteiger partial charge in [-0.2, -0.15) is 0 Å². The molecule has 1 aromatic carbocycles. The van der Waals surface area contributed by atoms with Crippen LogP contribution in [-0.4, -0.2) is 18.3 Å². The number of nitrogens with two attached hydrogens (primary N) is 1. The Kier molecular flexibility index (Phi) is 3.19. The molecule has 0 bridgehead atoms. The molecule has 0 atom stereocenters. The Morgan fingerprint density at radius 2 is 2.25 bits per heavy atom. The molecule has 0 aliphatic rings. The first-order chi connectivity index (χ1) is 5.75. The third kappa shape index (κ3) is 2.03. The fourth-order valence-corrected chi connectivity index (χ4v) is 1.07. The first-order valence-corrected chi connectivity index (χ1v) is 4.02. The second kappa shape index (κ2) is 4.18. The van der Waals surface area contributed by atoms with Gasteiger partial charge in [-0.25, -0.2) is 0 Å². The second-order valence-corrected chi connectivity index (χ2v) is 2.74. The topological polar surface area (TPSA) is 58.3 Å². The molecule has 0 amide bonds. The van der Waals surface area contributed by atoms with Gasteiger partial charge in [0.25, 0.3) is 0 Å². The highest BCUT2D eigenvalue weighted by molar-refractivity contribution is 6.35. The second-order valence-electron chi connectivity index (χ2n) is 2.36. The van der Waals surface area contributed by atoms with Crippen molar-refractivity contribution in [1.82, 2.24) is 0 Å². The number of nitrogens with one attached hydrogen (secondary N) is 1. The van der Waals surface area contributed by atoms with E-state index >= 15 is 0 Å². The molecule has 1 aromatic rings. The highest BCUT2D eigenvalue weighted by Gasteiger charge is 2.00. The average molecular weight is 187 g/mol. The van der Waals surface area contributed by atoms with Crippen molar-refractivity contribution in [1.29, 1.82) is 0 Å². The lowest BCUT2D eigenvalue weighted by atomic mass is 10.3. The van der Waals surface area contributed by atoms with Crippen LogP contribution in [0.15, 0.2) is 18.2 Å². The van der Waals surface area contributed by atoms with Crippen LogP contribution >= 0.6 is 11.6 Å². The predicted octanol–water partition coefficient (Wildman–Crippen LogP) is 1.33. The highest BCUT2D eigenvalue weighted by Crippen LogP contribution is 2.27. The molecule has 0 aromatic heterocycles. The summed E-state index contributed by atoms with van der Waals surface area (Å²) in [6, 6.07) is 5.35. The molecular formula is C8H11ClN2O. The molecule has 66 valence electrons. The summed E-state index contributed by atoms with van der Waals surface area (Å²) in [4.78, 5) is 0. The van der Waals surface area contributed by atoms with Crippen LogP contribution in [0.2, 0.25) is 5.02 Å². The van der Waals surface area contributed by atoms with E-state index in [1.54, 1.807) is 12.1 Å². The quantitative estimate of drug-likeness (QED) is 0.625. The van der Waals surface area contributed by atoms with Crippen LogP contribution in [0.4, 0.5) is 11.4 Å². The number of rotatable bonds is 3. The molecule has 4 heteroatoms. The minimum Gasteiger partial charge on any atom is -0.397 e. The van der Waals surface area contributed by atoms with Crippen LogP contribution in [0.3, 0.4) is 0 Å². The summed E-state index contributed by atoms with van der Waals surface area (Å²) >= 11 is 5.86. The standard InChI is InChI=1S/C8H11ClN2O/c9-8-6(10)2-1-3-7(8)11-4-5-12/h1-3,11-12H,4-5,10H2. The van der Waals surface area contributed by atoms with Crippen LogP contribution in [0, 0.1) is 0 Å². The molecule has 4 N–H and O–H groups in total. The molecule has 12 heavy (non-hydrogen) atoms.